The first-order valence-corrected chi connectivity index (χ1v) is 8.14. The van der Waals surface area contributed by atoms with Gasteiger partial charge in [0.2, 0.25) is 0 Å². The molecule has 1 aromatic carbocycles. The number of nitrogens with zero attached hydrogens (tertiary/aromatic N) is 4. The summed E-state index contributed by atoms with van der Waals surface area (Å²) in [6.07, 6.45) is 1.43. The molecule has 0 aliphatic rings. The van der Waals surface area contributed by atoms with E-state index in [2.05, 4.69) is 20.2 Å². The van der Waals surface area contributed by atoms with Gasteiger partial charge in [-0.1, -0.05) is 30.3 Å². The van der Waals surface area contributed by atoms with E-state index in [0.29, 0.717) is 24.6 Å². The van der Waals surface area contributed by atoms with Gasteiger partial charge in [0.1, 0.15) is 17.8 Å². The van der Waals surface area contributed by atoms with Crippen molar-refractivity contribution in [1.29, 1.82) is 0 Å². The molecule has 0 saturated carbocycles. The maximum atomic E-state index is 12.7. The van der Waals surface area contributed by atoms with E-state index in [0.717, 1.165) is 18.7 Å². The van der Waals surface area contributed by atoms with E-state index >= 15 is 0 Å². The van der Waals surface area contributed by atoms with E-state index < -0.39 is 0 Å². The van der Waals surface area contributed by atoms with Crippen molar-refractivity contribution in [1.82, 2.24) is 19.8 Å². The van der Waals surface area contributed by atoms with Crippen molar-refractivity contribution < 1.29 is 4.79 Å². The van der Waals surface area contributed by atoms with E-state index in [1.54, 1.807) is 11.0 Å². The van der Waals surface area contributed by atoms with Crippen LogP contribution in [0.15, 0.2) is 42.7 Å². The molecule has 1 N–H and O–H groups in total. The Kier molecular flexibility index (Phi) is 6.69. The second kappa shape index (κ2) is 8.98. The van der Waals surface area contributed by atoms with Crippen LogP contribution in [0.25, 0.3) is 0 Å². The Labute approximate surface area is 143 Å². The summed E-state index contributed by atoms with van der Waals surface area (Å²) in [6.45, 7) is 4.82. The Hall–Kier alpha value is -2.47. The number of carbonyl (C=O) groups is 1. The van der Waals surface area contributed by atoms with Crippen LogP contribution in [0.4, 0.5) is 5.82 Å². The summed E-state index contributed by atoms with van der Waals surface area (Å²) < 4.78 is 0. The highest BCUT2D eigenvalue weighted by molar-refractivity contribution is 5.92. The van der Waals surface area contributed by atoms with Crippen molar-refractivity contribution in [2.45, 2.75) is 13.5 Å². The maximum absolute atomic E-state index is 12.7. The van der Waals surface area contributed by atoms with Crippen LogP contribution in [0.1, 0.15) is 23.0 Å². The largest absolute Gasteiger partial charge is 0.369 e. The number of benzene rings is 1. The molecule has 0 radical (unpaired) electrons. The average Bonchev–Trinajstić information content (AvgIpc) is 2.60. The van der Waals surface area contributed by atoms with E-state index in [-0.39, 0.29) is 5.91 Å². The number of rotatable bonds is 8. The predicted octanol–water partition coefficient (Wildman–Crippen LogP) is 2.11. The summed E-state index contributed by atoms with van der Waals surface area (Å²) in [5.74, 6) is 0.588. The number of aromatic nitrogens is 2. The van der Waals surface area contributed by atoms with E-state index in [1.807, 2.05) is 51.4 Å². The van der Waals surface area contributed by atoms with Crippen LogP contribution in [-0.4, -0.2) is 59.4 Å². The van der Waals surface area contributed by atoms with Crippen LogP contribution in [0.2, 0.25) is 0 Å². The van der Waals surface area contributed by atoms with E-state index in [9.17, 15) is 4.79 Å². The zero-order valence-corrected chi connectivity index (χ0v) is 14.6. The quantitative estimate of drug-likeness (QED) is 0.805. The highest BCUT2D eigenvalue weighted by atomic mass is 16.2. The van der Waals surface area contributed by atoms with Gasteiger partial charge in [-0.25, -0.2) is 9.97 Å². The van der Waals surface area contributed by atoms with Crippen molar-refractivity contribution in [2.24, 2.45) is 0 Å². The van der Waals surface area contributed by atoms with Crippen molar-refractivity contribution in [3.63, 3.8) is 0 Å². The fourth-order valence-electron chi connectivity index (χ4n) is 2.27. The number of carbonyl (C=O) groups excluding carboxylic acids is 1. The Morgan fingerprint density at radius 2 is 1.92 bits per heavy atom. The lowest BCUT2D eigenvalue weighted by atomic mass is 10.2. The van der Waals surface area contributed by atoms with Gasteiger partial charge in [0.05, 0.1) is 0 Å². The second-order valence-corrected chi connectivity index (χ2v) is 5.82. The van der Waals surface area contributed by atoms with Crippen molar-refractivity contribution >= 4 is 11.7 Å². The number of anilines is 1. The third-order valence-electron chi connectivity index (χ3n) is 3.64. The second-order valence-electron chi connectivity index (χ2n) is 5.82. The van der Waals surface area contributed by atoms with Gasteiger partial charge in [-0.2, -0.15) is 0 Å². The summed E-state index contributed by atoms with van der Waals surface area (Å²) in [5.41, 5.74) is 1.52. The monoisotopic (exact) mass is 327 g/mol. The Morgan fingerprint density at radius 3 is 2.58 bits per heavy atom. The van der Waals surface area contributed by atoms with Crippen LogP contribution in [0, 0.1) is 0 Å². The minimum absolute atomic E-state index is 0.0839. The molecular formula is C18H25N5O. The zero-order valence-electron chi connectivity index (χ0n) is 14.6. The summed E-state index contributed by atoms with van der Waals surface area (Å²) >= 11 is 0. The van der Waals surface area contributed by atoms with Gasteiger partial charge in [-0.15, -0.1) is 0 Å². The molecule has 2 aromatic rings. The summed E-state index contributed by atoms with van der Waals surface area (Å²) in [6, 6.07) is 11.7. The predicted molar refractivity (Wildman–Crippen MR) is 95.9 cm³/mol. The van der Waals surface area contributed by atoms with Crippen LogP contribution in [0.3, 0.4) is 0 Å². The molecule has 24 heavy (non-hydrogen) atoms. The lowest BCUT2D eigenvalue weighted by Crippen LogP contribution is -2.31. The van der Waals surface area contributed by atoms with Gasteiger partial charge in [-0.3, -0.25) is 4.79 Å². The molecule has 0 atom stereocenters. The van der Waals surface area contributed by atoms with E-state index in [4.69, 9.17) is 0 Å². The van der Waals surface area contributed by atoms with Gasteiger partial charge in [0.25, 0.3) is 5.91 Å². The molecular weight excluding hydrogens is 302 g/mol. The number of amides is 1. The Balaban J connectivity index is 2.04. The van der Waals surface area contributed by atoms with E-state index in [1.165, 1.54) is 6.33 Å². The third kappa shape index (κ3) is 5.31. The molecule has 0 fully saturated rings. The van der Waals surface area contributed by atoms with Gasteiger partial charge < -0.3 is 15.1 Å². The number of likely N-dealkylation sites (N-methyl/N-ethyl adjacent to an activating group) is 1. The molecule has 0 unspecified atom stereocenters. The molecule has 128 valence electrons. The van der Waals surface area contributed by atoms with Gasteiger partial charge in [-0.05, 0) is 26.6 Å². The highest BCUT2D eigenvalue weighted by Gasteiger charge is 2.16. The summed E-state index contributed by atoms with van der Waals surface area (Å²) in [7, 11) is 4.03. The zero-order chi connectivity index (χ0) is 17.4. The minimum Gasteiger partial charge on any atom is -0.369 e. The lowest BCUT2D eigenvalue weighted by Gasteiger charge is -2.20. The number of nitrogens with one attached hydrogen (secondary N) is 1. The molecule has 0 spiro atoms. The van der Waals surface area contributed by atoms with Crippen molar-refractivity contribution in [2.75, 3.05) is 39.0 Å². The fourth-order valence-corrected chi connectivity index (χ4v) is 2.27. The Bertz CT molecular complexity index is 645. The minimum atomic E-state index is -0.0839. The first kappa shape index (κ1) is 17.9. The first-order chi connectivity index (χ1) is 11.6. The molecule has 6 heteroatoms. The van der Waals surface area contributed by atoms with Gasteiger partial charge >= 0.3 is 0 Å². The summed E-state index contributed by atoms with van der Waals surface area (Å²) in [5, 5.41) is 3.21. The summed E-state index contributed by atoms with van der Waals surface area (Å²) in [4.78, 5) is 24.9. The van der Waals surface area contributed by atoms with Crippen LogP contribution in [0.5, 0.6) is 0 Å². The topological polar surface area (TPSA) is 61.4 Å². The molecule has 1 aromatic heterocycles. The van der Waals surface area contributed by atoms with Crippen LogP contribution < -0.4 is 5.32 Å². The van der Waals surface area contributed by atoms with Crippen LogP contribution in [-0.2, 0) is 6.54 Å². The average molecular weight is 327 g/mol. The van der Waals surface area contributed by atoms with Gasteiger partial charge in [0.15, 0.2) is 0 Å². The first-order valence-electron chi connectivity index (χ1n) is 8.14. The standard InChI is InChI=1S/C18H25N5O/c1-4-23(13-15-8-6-5-7-9-15)18(24)16-12-17(21-14-20-16)19-10-11-22(2)3/h5-9,12,14H,4,10-11,13H2,1-3H3,(H,19,20,21). The molecule has 2 rings (SSSR count). The SMILES string of the molecule is CCN(Cc1ccccc1)C(=O)c1cc(NCCN(C)C)ncn1. The number of hydrogen-bond donors (Lipinski definition) is 1. The molecule has 0 saturated heterocycles. The smallest absolute Gasteiger partial charge is 0.272 e. The Morgan fingerprint density at radius 1 is 1.17 bits per heavy atom. The molecule has 1 heterocycles. The fraction of sp³-hybridized carbons (Fsp3) is 0.389. The van der Waals surface area contributed by atoms with Crippen molar-refractivity contribution in [3.8, 4) is 0 Å². The maximum Gasteiger partial charge on any atom is 0.272 e. The van der Waals surface area contributed by atoms with Crippen molar-refractivity contribution in [3.05, 3.63) is 54.0 Å². The molecule has 0 aliphatic heterocycles. The van der Waals surface area contributed by atoms with Gasteiger partial charge in [0, 0.05) is 32.2 Å². The molecule has 1 amide bonds. The number of hydrogen-bond acceptors (Lipinski definition) is 5. The van der Waals surface area contributed by atoms with Crippen LogP contribution >= 0.6 is 0 Å². The lowest BCUT2D eigenvalue weighted by molar-refractivity contribution is 0.0746. The third-order valence-corrected chi connectivity index (χ3v) is 3.64. The normalized spacial score (nSPS) is 10.7. The molecule has 6 nitrogen and oxygen atoms in total. The highest BCUT2D eigenvalue weighted by Crippen LogP contribution is 2.10. The molecule has 0 aliphatic carbocycles. The molecule has 0 bridgehead atoms.